The van der Waals surface area contributed by atoms with Crippen molar-refractivity contribution < 1.29 is 0 Å². The van der Waals surface area contributed by atoms with Crippen LogP contribution < -0.4 is 0 Å². The van der Waals surface area contributed by atoms with E-state index in [9.17, 15) is 0 Å². The second-order valence-corrected chi connectivity index (χ2v) is 5.34. The molecule has 0 aliphatic rings. The molecule has 2 rings (SSSR count). The molecule has 1 nitrogen and oxygen atoms in total. The van der Waals surface area contributed by atoms with Crippen molar-refractivity contribution >= 4 is 23.1 Å². The van der Waals surface area contributed by atoms with Crippen molar-refractivity contribution in [2.45, 2.75) is 39.2 Å². The van der Waals surface area contributed by atoms with Crippen LogP contribution in [0.4, 0.5) is 0 Å². The second kappa shape index (κ2) is 7.12. The van der Waals surface area contributed by atoms with E-state index >= 15 is 0 Å². The first-order valence-corrected chi connectivity index (χ1v) is 7.82. The molecule has 0 fully saturated rings. The van der Waals surface area contributed by atoms with E-state index in [1.807, 2.05) is 18.2 Å². The first-order chi connectivity index (χ1) is 10.3. The lowest BCUT2D eigenvalue weighted by molar-refractivity contribution is 0.458. The summed E-state index contributed by atoms with van der Waals surface area (Å²) in [5, 5.41) is 1.28. The average molecular weight is 279 g/mol. The summed E-state index contributed by atoms with van der Waals surface area (Å²) in [7, 11) is 0. The van der Waals surface area contributed by atoms with Gasteiger partial charge < -0.3 is 4.57 Å². The zero-order chi connectivity index (χ0) is 15.2. The third-order valence-electron chi connectivity index (χ3n) is 4.04. The Bertz CT molecular complexity index is 658. The first-order valence-electron chi connectivity index (χ1n) is 7.82. The maximum atomic E-state index is 4.02. The Morgan fingerprint density at radius 3 is 2.57 bits per heavy atom. The highest BCUT2D eigenvalue weighted by Gasteiger charge is 2.18. The molecule has 0 spiro atoms. The fraction of sp³-hybridized carbons (Fsp3) is 0.300. The summed E-state index contributed by atoms with van der Waals surface area (Å²) in [5.74, 6) is 0. The summed E-state index contributed by atoms with van der Waals surface area (Å²) in [4.78, 5) is 0. The van der Waals surface area contributed by atoms with Gasteiger partial charge in [-0.1, -0.05) is 69.9 Å². The number of fused-ring (bicyclic) bond motifs is 1. The molecule has 21 heavy (non-hydrogen) atoms. The summed E-state index contributed by atoms with van der Waals surface area (Å²) in [5.41, 5.74) is 3.76. The van der Waals surface area contributed by atoms with Gasteiger partial charge in [0.1, 0.15) is 0 Å². The number of para-hydroxylation sites is 1. The summed E-state index contributed by atoms with van der Waals surface area (Å²) < 4.78 is 2.48. The Morgan fingerprint density at radius 1 is 1.19 bits per heavy atom. The molecule has 0 amide bonds. The Hall–Kier alpha value is -2.02. The van der Waals surface area contributed by atoms with Crippen molar-refractivity contribution in [1.82, 2.24) is 4.57 Å². The minimum atomic E-state index is 0.526. The molecule has 1 aromatic heterocycles. The minimum Gasteiger partial charge on any atom is -0.337 e. The number of aromatic nitrogens is 1. The predicted octanol–water partition coefficient (Wildman–Crippen LogP) is 6.23. The number of benzene rings is 1. The molecule has 0 aliphatic carbocycles. The number of hydrogen-bond donors (Lipinski definition) is 0. The van der Waals surface area contributed by atoms with Gasteiger partial charge >= 0.3 is 0 Å². The quantitative estimate of drug-likeness (QED) is 0.529. The highest BCUT2D eigenvalue weighted by atomic mass is 15.0. The molecule has 1 heterocycles. The van der Waals surface area contributed by atoms with Crippen LogP contribution in [0.15, 0.2) is 49.6 Å². The van der Waals surface area contributed by atoms with Crippen LogP contribution in [0.25, 0.3) is 23.1 Å². The molecule has 2 aromatic rings. The number of allylic oxidation sites excluding steroid dienone is 2. The van der Waals surface area contributed by atoms with Crippen molar-refractivity contribution in [2.75, 3.05) is 0 Å². The summed E-state index contributed by atoms with van der Waals surface area (Å²) in [6.45, 7) is 12.3. The van der Waals surface area contributed by atoms with E-state index in [0.717, 1.165) is 6.42 Å². The Kier molecular flexibility index (Phi) is 5.21. The summed E-state index contributed by atoms with van der Waals surface area (Å²) in [6.07, 6.45) is 11.5. The molecule has 110 valence electrons. The Balaban J connectivity index is 2.77. The van der Waals surface area contributed by atoms with Gasteiger partial charge in [-0.3, -0.25) is 0 Å². The molecule has 1 heteroatoms. The highest BCUT2D eigenvalue weighted by molar-refractivity contribution is 5.94. The molecule has 1 aromatic carbocycles. The molecule has 0 saturated carbocycles. The van der Waals surface area contributed by atoms with Crippen molar-refractivity contribution in [3.8, 4) is 0 Å². The van der Waals surface area contributed by atoms with Crippen LogP contribution in [0.5, 0.6) is 0 Å². The molecule has 1 unspecified atom stereocenters. The molecule has 0 N–H and O–H groups in total. The zero-order valence-corrected chi connectivity index (χ0v) is 13.2. The van der Waals surface area contributed by atoms with Gasteiger partial charge in [0.25, 0.3) is 0 Å². The van der Waals surface area contributed by atoms with Gasteiger partial charge in [-0.2, -0.15) is 0 Å². The van der Waals surface area contributed by atoms with Crippen molar-refractivity contribution in [3.05, 3.63) is 60.8 Å². The molecular formula is C20H25N. The van der Waals surface area contributed by atoms with Crippen molar-refractivity contribution in [3.63, 3.8) is 0 Å². The van der Waals surface area contributed by atoms with E-state index < -0.39 is 0 Å². The van der Waals surface area contributed by atoms with Gasteiger partial charge in [0.2, 0.25) is 0 Å². The third-order valence-corrected chi connectivity index (χ3v) is 4.04. The zero-order valence-electron chi connectivity index (χ0n) is 13.2. The minimum absolute atomic E-state index is 0.526. The van der Waals surface area contributed by atoms with Crippen LogP contribution >= 0.6 is 0 Å². The lowest BCUT2D eigenvalue weighted by Crippen LogP contribution is -2.09. The van der Waals surface area contributed by atoms with Gasteiger partial charge in [-0.05, 0) is 25.0 Å². The third kappa shape index (κ3) is 2.87. The van der Waals surface area contributed by atoms with Gasteiger partial charge in [-0.25, -0.2) is 0 Å². The van der Waals surface area contributed by atoms with Crippen LogP contribution in [0.3, 0.4) is 0 Å². The lowest BCUT2D eigenvalue weighted by atomic mass is 10.1. The van der Waals surface area contributed by atoms with E-state index in [1.165, 1.54) is 35.0 Å². The van der Waals surface area contributed by atoms with E-state index in [-0.39, 0.29) is 0 Å². The van der Waals surface area contributed by atoms with E-state index in [2.05, 4.69) is 61.9 Å². The smallest absolute Gasteiger partial charge is 0.0493 e. The van der Waals surface area contributed by atoms with Crippen LogP contribution in [-0.4, -0.2) is 4.57 Å². The summed E-state index contributed by atoms with van der Waals surface area (Å²) >= 11 is 0. The topological polar surface area (TPSA) is 4.93 Å². The first kappa shape index (κ1) is 15.4. The largest absolute Gasteiger partial charge is 0.337 e. The molecule has 0 radical (unpaired) electrons. The van der Waals surface area contributed by atoms with E-state index in [4.69, 9.17) is 0 Å². The molecular weight excluding hydrogens is 254 g/mol. The fourth-order valence-corrected chi connectivity index (χ4v) is 3.10. The van der Waals surface area contributed by atoms with E-state index in [0.29, 0.717) is 6.04 Å². The number of nitrogens with zero attached hydrogens (tertiary/aromatic N) is 1. The van der Waals surface area contributed by atoms with Crippen molar-refractivity contribution in [2.24, 2.45) is 0 Å². The van der Waals surface area contributed by atoms with Crippen LogP contribution in [0.1, 0.15) is 50.4 Å². The maximum Gasteiger partial charge on any atom is 0.0493 e. The molecule has 0 aliphatic heterocycles. The SMILES string of the molecule is C=C/C=C\c1c(C=C)c2ccccc2n1C(CC)CCC. The molecule has 0 bridgehead atoms. The van der Waals surface area contributed by atoms with Crippen LogP contribution in [-0.2, 0) is 0 Å². The maximum absolute atomic E-state index is 4.02. The van der Waals surface area contributed by atoms with Gasteiger partial charge in [0, 0.05) is 28.2 Å². The lowest BCUT2D eigenvalue weighted by Gasteiger charge is -2.20. The standard InChI is InChI=1S/C20H25N/c1-5-9-14-19-17(8-4)18-13-10-11-15-20(18)21(19)16(7-3)12-6-2/h5,8-11,13-16H,1,4,6-7,12H2,2-3H3/b14-9-. The van der Waals surface area contributed by atoms with Crippen LogP contribution in [0.2, 0.25) is 0 Å². The second-order valence-electron chi connectivity index (χ2n) is 5.34. The average Bonchev–Trinajstić information content (AvgIpc) is 2.83. The van der Waals surface area contributed by atoms with Gasteiger partial charge in [0.15, 0.2) is 0 Å². The molecule has 0 saturated heterocycles. The molecule has 1 atom stereocenters. The number of rotatable bonds is 7. The van der Waals surface area contributed by atoms with Gasteiger partial charge in [0.05, 0.1) is 0 Å². The Labute approximate surface area is 128 Å². The van der Waals surface area contributed by atoms with Crippen LogP contribution in [0, 0.1) is 0 Å². The van der Waals surface area contributed by atoms with Gasteiger partial charge in [-0.15, -0.1) is 0 Å². The highest BCUT2D eigenvalue weighted by Crippen LogP contribution is 2.34. The normalized spacial score (nSPS) is 12.9. The Morgan fingerprint density at radius 2 is 1.95 bits per heavy atom. The van der Waals surface area contributed by atoms with E-state index in [1.54, 1.807) is 0 Å². The monoisotopic (exact) mass is 279 g/mol. The van der Waals surface area contributed by atoms with Crippen molar-refractivity contribution in [1.29, 1.82) is 0 Å². The predicted molar refractivity (Wildman–Crippen MR) is 95.5 cm³/mol. The summed E-state index contributed by atoms with van der Waals surface area (Å²) in [6, 6.07) is 9.14. The fourth-order valence-electron chi connectivity index (χ4n) is 3.10. The number of hydrogen-bond acceptors (Lipinski definition) is 0.